The van der Waals surface area contributed by atoms with Crippen LogP contribution in [0, 0.1) is 5.82 Å². The Balaban J connectivity index is 0.841. The Bertz CT molecular complexity index is 1870. The molecule has 0 radical (unpaired) electrons. The van der Waals surface area contributed by atoms with Crippen molar-refractivity contribution in [2.24, 2.45) is 4.99 Å². The van der Waals surface area contributed by atoms with E-state index in [1.54, 1.807) is 41.3 Å². The Morgan fingerprint density at radius 2 is 1.51 bits per heavy atom. The van der Waals surface area contributed by atoms with E-state index in [0.717, 1.165) is 11.1 Å². The summed E-state index contributed by atoms with van der Waals surface area (Å²) in [5.41, 5.74) is 6.43. The fourth-order valence-corrected chi connectivity index (χ4v) is 6.46. The fourth-order valence-electron chi connectivity index (χ4n) is 6.29. The first-order valence-electron chi connectivity index (χ1n) is 16.8. The molecule has 12 heteroatoms. The van der Waals surface area contributed by atoms with E-state index in [4.69, 9.17) is 25.8 Å². The summed E-state index contributed by atoms with van der Waals surface area (Å²) < 4.78 is 31.1. The number of alkyl carbamates (subject to hydrolysis) is 1. The minimum absolute atomic E-state index is 0.00763. The van der Waals surface area contributed by atoms with Crippen molar-refractivity contribution in [2.75, 3.05) is 64.1 Å². The third kappa shape index (κ3) is 8.80. The van der Waals surface area contributed by atoms with Gasteiger partial charge in [0, 0.05) is 41.7 Å². The molecule has 4 aromatic rings. The van der Waals surface area contributed by atoms with Gasteiger partial charge in [-0.2, -0.15) is 0 Å². The number of benzodiazepines with no additional fused rings is 1. The van der Waals surface area contributed by atoms with Crippen LogP contribution in [0.15, 0.2) is 96.0 Å². The van der Waals surface area contributed by atoms with Crippen LogP contribution in [0.1, 0.15) is 34.6 Å². The highest BCUT2D eigenvalue weighted by Crippen LogP contribution is 2.44. The van der Waals surface area contributed by atoms with Crippen molar-refractivity contribution < 1.29 is 33.0 Å². The molecule has 0 saturated carbocycles. The first kappa shape index (κ1) is 35.7. The third-order valence-electron chi connectivity index (χ3n) is 8.65. The average molecular weight is 713 g/mol. The molecule has 0 aromatic heterocycles. The molecular formula is C39H38ClFN4O6. The van der Waals surface area contributed by atoms with Crippen molar-refractivity contribution in [1.29, 1.82) is 0 Å². The number of fused-ring (bicyclic) bond motifs is 4. The molecule has 1 heterocycles. The Hall–Kier alpha value is -5.10. The summed E-state index contributed by atoms with van der Waals surface area (Å²) in [4.78, 5) is 43.7. The van der Waals surface area contributed by atoms with Gasteiger partial charge in [-0.3, -0.25) is 14.6 Å². The van der Waals surface area contributed by atoms with Crippen molar-refractivity contribution in [2.45, 2.75) is 12.3 Å². The molecule has 2 aliphatic rings. The standard InChI is InChI=1S/C39H38ClFN4O6/c40-26-14-15-35-32(22-26)38(31-12-5-6-13-34(31)41)44-23-37(47)45(35)18-7-16-42-36(46)25-50-21-20-49-19-17-43-39(48)51-24-33-29-10-3-1-8-27(29)28-9-2-4-11-30(28)33/h1-6,8-15,22,33H,7,16-21,23-25H2,(H,42,46)(H,43,48). The zero-order valence-electron chi connectivity index (χ0n) is 27.9. The first-order valence-corrected chi connectivity index (χ1v) is 17.2. The lowest BCUT2D eigenvalue weighted by Gasteiger charge is -2.23. The second-order valence-corrected chi connectivity index (χ2v) is 12.4. The Labute approximate surface area is 300 Å². The molecule has 1 aliphatic carbocycles. The van der Waals surface area contributed by atoms with Gasteiger partial charge in [-0.25, -0.2) is 9.18 Å². The zero-order chi connectivity index (χ0) is 35.6. The van der Waals surface area contributed by atoms with E-state index in [-0.39, 0.29) is 63.9 Å². The molecule has 0 bridgehead atoms. The lowest BCUT2D eigenvalue weighted by atomic mass is 9.98. The van der Waals surface area contributed by atoms with Crippen molar-refractivity contribution in [3.05, 3.63) is 124 Å². The van der Waals surface area contributed by atoms with Crippen molar-refractivity contribution >= 4 is 40.9 Å². The van der Waals surface area contributed by atoms with Gasteiger partial charge in [-0.15, -0.1) is 0 Å². The highest BCUT2D eigenvalue weighted by atomic mass is 35.5. The van der Waals surface area contributed by atoms with E-state index in [1.807, 2.05) is 24.3 Å². The molecule has 10 nitrogen and oxygen atoms in total. The van der Waals surface area contributed by atoms with E-state index in [1.165, 1.54) is 17.2 Å². The number of halogens is 2. The lowest BCUT2D eigenvalue weighted by molar-refractivity contribution is -0.126. The van der Waals surface area contributed by atoms with Crippen LogP contribution in [-0.2, 0) is 23.8 Å². The average Bonchev–Trinajstić information content (AvgIpc) is 3.39. The van der Waals surface area contributed by atoms with E-state index >= 15 is 0 Å². The number of benzene rings is 4. The van der Waals surface area contributed by atoms with E-state index < -0.39 is 11.9 Å². The second-order valence-electron chi connectivity index (χ2n) is 12.0. The minimum atomic E-state index is -0.511. The van der Waals surface area contributed by atoms with Gasteiger partial charge >= 0.3 is 6.09 Å². The SMILES string of the molecule is O=C(COCCOCCNC(=O)OCC1c2ccccc2-c2ccccc21)NCCCN1C(=O)CN=C(c2ccccc2F)c2cc(Cl)ccc21. The molecule has 4 aromatic carbocycles. The van der Waals surface area contributed by atoms with Crippen LogP contribution in [0.25, 0.3) is 11.1 Å². The highest BCUT2D eigenvalue weighted by Gasteiger charge is 2.29. The Kier molecular flexibility index (Phi) is 12.1. The molecule has 0 atom stereocenters. The van der Waals surface area contributed by atoms with E-state index in [0.29, 0.717) is 47.1 Å². The number of hydrogen-bond acceptors (Lipinski definition) is 7. The lowest BCUT2D eigenvalue weighted by Crippen LogP contribution is -2.36. The summed E-state index contributed by atoms with van der Waals surface area (Å²) >= 11 is 6.28. The van der Waals surface area contributed by atoms with Gasteiger partial charge in [0.05, 0.1) is 31.2 Å². The molecule has 264 valence electrons. The summed E-state index contributed by atoms with van der Waals surface area (Å²) in [7, 11) is 0. The predicted octanol–water partition coefficient (Wildman–Crippen LogP) is 5.74. The van der Waals surface area contributed by atoms with Crippen molar-refractivity contribution in [3.8, 4) is 11.1 Å². The molecule has 2 N–H and O–H groups in total. The first-order chi connectivity index (χ1) is 24.9. The summed E-state index contributed by atoms with van der Waals surface area (Å²) in [6.45, 7) is 1.54. The van der Waals surface area contributed by atoms with Crippen LogP contribution < -0.4 is 15.5 Å². The number of rotatable bonds is 15. The molecule has 51 heavy (non-hydrogen) atoms. The molecule has 3 amide bonds. The van der Waals surface area contributed by atoms with Gasteiger partial charge in [0.25, 0.3) is 0 Å². The maximum atomic E-state index is 14.7. The van der Waals surface area contributed by atoms with E-state index in [2.05, 4.69) is 39.9 Å². The van der Waals surface area contributed by atoms with Crippen LogP contribution in [-0.4, -0.2) is 82.8 Å². The van der Waals surface area contributed by atoms with Crippen LogP contribution in [0.3, 0.4) is 0 Å². The molecule has 0 spiro atoms. The number of carbonyl (C=O) groups excluding carboxylic acids is 3. The number of aliphatic imine (C=N–C) groups is 1. The van der Waals surface area contributed by atoms with Crippen molar-refractivity contribution in [1.82, 2.24) is 10.6 Å². The van der Waals surface area contributed by atoms with Crippen LogP contribution in [0.5, 0.6) is 0 Å². The molecule has 6 rings (SSSR count). The van der Waals surface area contributed by atoms with Crippen molar-refractivity contribution in [3.63, 3.8) is 0 Å². The summed E-state index contributed by atoms with van der Waals surface area (Å²) in [5, 5.41) is 5.93. The fraction of sp³-hybridized carbons (Fsp3) is 0.282. The normalized spacial score (nSPS) is 13.5. The third-order valence-corrected chi connectivity index (χ3v) is 8.89. The second kappa shape index (κ2) is 17.2. The Morgan fingerprint density at radius 3 is 2.25 bits per heavy atom. The van der Waals surface area contributed by atoms with Crippen LogP contribution >= 0.6 is 11.6 Å². The molecule has 0 saturated heterocycles. The number of nitrogens with one attached hydrogen (secondary N) is 2. The Morgan fingerprint density at radius 1 is 0.824 bits per heavy atom. The largest absolute Gasteiger partial charge is 0.449 e. The van der Waals surface area contributed by atoms with Gasteiger partial charge in [-0.1, -0.05) is 72.3 Å². The number of carbonyl (C=O) groups is 3. The topological polar surface area (TPSA) is 119 Å². The molecule has 0 unspecified atom stereocenters. The van der Waals surface area contributed by atoms with Gasteiger partial charge in [-0.05, 0) is 59.0 Å². The highest BCUT2D eigenvalue weighted by molar-refractivity contribution is 6.32. The predicted molar refractivity (Wildman–Crippen MR) is 193 cm³/mol. The maximum absolute atomic E-state index is 14.7. The zero-order valence-corrected chi connectivity index (χ0v) is 28.7. The maximum Gasteiger partial charge on any atom is 0.407 e. The number of amides is 3. The van der Waals surface area contributed by atoms with Gasteiger partial charge in [0.1, 0.15) is 25.6 Å². The number of hydrogen-bond donors (Lipinski definition) is 2. The van der Waals surface area contributed by atoms with Gasteiger partial charge < -0.3 is 29.7 Å². The molecule has 0 fully saturated rings. The minimum Gasteiger partial charge on any atom is -0.449 e. The monoisotopic (exact) mass is 712 g/mol. The van der Waals surface area contributed by atoms with Gasteiger partial charge in [0.15, 0.2) is 0 Å². The summed E-state index contributed by atoms with van der Waals surface area (Å²) in [6, 6.07) is 27.7. The quantitative estimate of drug-likeness (QED) is 0.152. The number of ether oxygens (including phenoxy) is 3. The van der Waals surface area contributed by atoms with Gasteiger partial charge in [0.2, 0.25) is 11.8 Å². The van der Waals surface area contributed by atoms with Crippen LogP contribution in [0.4, 0.5) is 14.9 Å². The smallest absolute Gasteiger partial charge is 0.407 e. The molecule has 1 aliphatic heterocycles. The molecular weight excluding hydrogens is 675 g/mol. The summed E-state index contributed by atoms with van der Waals surface area (Å²) in [6.07, 6.45) is -0.0446. The summed E-state index contributed by atoms with van der Waals surface area (Å²) in [5.74, 6) is -0.992. The van der Waals surface area contributed by atoms with E-state index in [9.17, 15) is 18.8 Å². The van der Waals surface area contributed by atoms with Crippen LogP contribution in [0.2, 0.25) is 5.02 Å². The number of nitrogens with zero attached hydrogens (tertiary/aromatic N) is 2. The number of anilines is 1.